The van der Waals surface area contributed by atoms with Crippen molar-refractivity contribution < 1.29 is 9.15 Å². The fourth-order valence-electron chi connectivity index (χ4n) is 3.55. The molecule has 0 spiro atoms. The Morgan fingerprint density at radius 3 is 2.75 bits per heavy atom. The molecule has 0 amide bonds. The first-order chi connectivity index (χ1) is 15.5. The van der Waals surface area contributed by atoms with Crippen molar-refractivity contribution in [2.75, 3.05) is 7.11 Å². The van der Waals surface area contributed by atoms with Gasteiger partial charge < -0.3 is 9.15 Å². The van der Waals surface area contributed by atoms with Crippen molar-refractivity contribution in [3.05, 3.63) is 93.2 Å². The van der Waals surface area contributed by atoms with Crippen LogP contribution in [0.3, 0.4) is 0 Å². The molecular formula is C25H18ClN3O3. The Morgan fingerprint density at radius 2 is 1.94 bits per heavy atom. The molecule has 2 aromatic heterocycles. The van der Waals surface area contributed by atoms with Crippen LogP contribution >= 0.6 is 11.6 Å². The summed E-state index contributed by atoms with van der Waals surface area (Å²) in [5, 5.41) is 6.38. The number of halogens is 1. The molecule has 0 unspecified atom stereocenters. The molecule has 2 heterocycles. The molecule has 3 aromatic carbocycles. The summed E-state index contributed by atoms with van der Waals surface area (Å²) in [6.07, 6.45) is 1.63. The number of fused-ring (bicyclic) bond motifs is 2. The van der Waals surface area contributed by atoms with Gasteiger partial charge in [-0.1, -0.05) is 23.7 Å². The van der Waals surface area contributed by atoms with Gasteiger partial charge in [-0.2, -0.15) is 9.78 Å². The monoisotopic (exact) mass is 443 g/mol. The molecule has 0 saturated heterocycles. The predicted molar refractivity (Wildman–Crippen MR) is 127 cm³/mol. The van der Waals surface area contributed by atoms with Crippen LogP contribution in [-0.2, 0) is 0 Å². The van der Waals surface area contributed by atoms with E-state index in [2.05, 4.69) is 10.1 Å². The molecule has 0 bridgehead atoms. The molecule has 158 valence electrons. The smallest absolute Gasteiger partial charge is 0.282 e. The zero-order valence-electron chi connectivity index (χ0n) is 17.4. The van der Waals surface area contributed by atoms with Gasteiger partial charge in [0, 0.05) is 10.4 Å². The maximum Gasteiger partial charge on any atom is 0.282 e. The van der Waals surface area contributed by atoms with Crippen LogP contribution in [0, 0.1) is 6.92 Å². The first kappa shape index (κ1) is 20.0. The summed E-state index contributed by atoms with van der Waals surface area (Å²) in [5.74, 6) is 1.49. The summed E-state index contributed by atoms with van der Waals surface area (Å²) in [7, 11) is 1.62. The van der Waals surface area contributed by atoms with E-state index in [1.54, 1.807) is 49.7 Å². The first-order valence-electron chi connectivity index (χ1n) is 9.94. The Bertz CT molecular complexity index is 1570. The number of nitrogens with zero attached hydrogens (tertiary/aromatic N) is 3. The summed E-state index contributed by atoms with van der Waals surface area (Å²) >= 11 is 6.12. The van der Waals surface area contributed by atoms with Crippen LogP contribution < -0.4 is 10.3 Å². The Labute approximate surface area is 188 Å². The molecule has 7 heteroatoms. The fourth-order valence-corrected chi connectivity index (χ4v) is 3.74. The molecule has 32 heavy (non-hydrogen) atoms. The van der Waals surface area contributed by atoms with Gasteiger partial charge in [-0.3, -0.25) is 4.79 Å². The number of benzene rings is 3. The van der Waals surface area contributed by atoms with Gasteiger partial charge in [0.1, 0.15) is 11.3 Å². The third-order valence-corrected chi connectivity index (χ3v) is 5.48. The van der Waals surface area contributed by atoms with Gasteiger partial charge in [0.05, 0.1) is 24.2 Å². The van der Waals surface area contributed by atoms with Gasteiger partial charge in [-0.05, 0) is 72.6 Å². The number of rotatable bonds is 4. The SMILES string of the molecule is COc1ccc(C=Nn2c(-c3cc4cc(Cl)ccc4o3)nc3ccccc3c2=O)c(C)c1. The Kier molecular flexibility index (Phi) is 4.99. The molecule has 0 aliphatic heterocycles. The van der Waals surface area contributed by atoms with E-state index in [0.717, 1.165) is 22.3 Å². The predicted octanol–water partition coefficient (Wildman–Crippen LogP) is 5.66. The van der Waals surface area contributed by atoms with E-state index in [-0.39, 0.29) is 5.56 Å². The highest BCUT2D eigenvalue weighted by molar-refractivity contribution is 6.31. The van der Waals surface area contributed by atoms with E-state index < -0.39 is 0 Å². The normalized spacial score (nSPS) is 11.6. The largest absolute Gasteiger partial charge is 0.497 e. The molecule has 5 aromatic rings. The van der Waals surface area contributed by atoms with Crippen LogP contribution in [0.1, 0.15) is 11.1 Å². The third kappa shape index (κ3) is 3.55. The number of ether oxygens (including phenoxy) is 1. The maximum atomic E-state index is 13.3. The van der Waals surface area contributed by atoms with Crippen molar-refractivity contribution in [1.82, 2.24) is 9.66 Å². The topological polar surface area (TPSA) is 69.6 Å². The highest BCUT2D eigenvalue weighted by atomic mass is 35.5. The number of aromatic nitrogens is 2. The highest BCUT2D eigenvalue weighted by Gasteiger charge is 2.16. The van der Waals surface area contributed by atoms with Crippen molar-refractivity contribution >= 4 is 39.7 Å². The first-order valence-corrected chi connectivity index (χ1v) is 10.3. The Balaban J connectivity index is 1.71. The second-order valence-corrected chi connectivity index (χ2v) is 7.77. The molecule has 6 nitrogen and oxygen atoms in total. The van der Waals surface area contributed by atoms with Gasteiger partial charge in [-0.25, -0.2) is 4.98 Å². The summed E-state index contributed by atoms with van der Waals surface area (Å²) in [5.41, 5.74) is 2.75. The molecule has 0 aliphatic rings. The lowest BCUT2D eigenvalue weighted by atomic mass is 10.1. The molecule has 0 saturated carbocycles. The van der Waals surface area contributed by atoms with Crippen molar-refractivity contribution in [3.63, 3.8) is 0 Å². The minimum absolute atomic E-state index is 0.286. The molecule has 0 N–H and O–H groups in total. The quantitative estimate of drug-likeness (QED) is 0.336. The molecule has 5 rings (SSSR count). The summed E-state index contributed by atoms with van der Waals surface area (Å²) in [6.45, 7) is 1.95. The Morgan fingerprint density at radius 1 is 1.09 bits per heavy atom. The summed E-state index contributed by atoms with van der Waals surface area (Å²) in [6, 6.07) is 20.0. The number of aryl methyl sites for hydroxylation is 1. The van der Waals surface area contributed by atoms with Crippen LogP contribution in [0.5, 0.6) is 5.75 Å². The van der Waals surface area contributed by atoms with Crippen LogP contribution in [0.2, 0.25) is 5.02 Å². The zero-order valence-corrected chi connectivity index (χ0v) is 18.1. The van der Waals surface area contributed by atoms with E-state index >= 15 is 0 Å². The zero-order chi connectivity index (χ0) is 22.2. The van der Waals surface area contributed by atoms with Gasteiger partial charge in [-0.15, -0.1) is 0 Å². The summed E-state index contributed by atoms with van der Waals surface area (Å²) < 4.78 is 12.5. The minimum atomic E-state index is -0.286. The maximum absolute atomic E-state index is 13.3. The second kappa shape index (κ2) is 7.98. The standard InChI is InChI=1S/C25H18ClN3O3/c1-15-11-19(31-2)9-7-16(15)14-27-29-24(28-21-6-4-3-5-20(21)25(29)30)23-13-17-12-18(26)8-10-22(17)32-23/h3-14H,1-2H3. The van der Waals surface area contributed by atoms with Gasteiger partial charge in [0.15, 0.2) is 5.76 Å². The van der Waals surface area contributed by atoms with Crippen LogP contribution in [-0.4, -0.2) is 23.0 Å². The molecule has 0 fully saturated rings. The van der Waals surface area contributed by atoms with E-state index in [0.29, 0.717) is 33.1 Å². The lowest BCUT2D eigenvalue weighted by Crippen LogP contribution is -2.20. The van der Waals surface area contributed by atoms with Crippen LogP contribution in [0.15, 0.2) is 81.0 Å². The Hall–Kier alpha value is -3.90. The average molecular weight is 444 g/mol. The van der Waals surface area contributed by atoms with Crippen molar-refractivity contribution in [2.24, 2.45) is 5.10 Å². The van der Waals surface area contributed by atoms with E-state index in [1.165, 1.54) is 4.68 Å². The lowest BCUT2D eigenvalue weighted by molar-refractivity contribution is 0.414. The lowest BCUT2D eigenvalue weighted by Gasteiger charge is -2.08. The van der Waals surface area contributed by atoms with Crippen molar-refractivity contribution in [2.45, 2.75) is 6.92 Å². The van der Waals surface area contributed by atoms with Gasteiger partial charge in [0.2, 0.25) is 5.82 Å². The van der Waals surface area contributed by atoms with E-state index in [9.17, 15) is 4.79 Å². The molecular weight excluding hydrogens is 426 g/mol. The molecule has 0 radical (unpaired) electrons. The minimum Gasteiger partial charge on any atom is -0.497 e. The molecule has 0 atom stereocenters. The third-order valence-electron chi connectivity index (χ3n) is 5.24. The number of furan rings is 1. The fraction of sp³-hybridized carbons (Fsp3) is 0.0800. The van der Waals surface area contributed by atoms with Crippen LogP contribution in [0.4, 0.5) is 0 Å². The van der Waals surface area contributed by atoms with Gasteiger partial charge in [0.25, 0.3) is 5.56 Å². The van der Waals surface area contributed by atoms with Crippen LogP contribution in [0.25, 0.3) is 33.5 Å². The van der Waals surface area contributed by atoms with E-state index in [1.807, 2.05) is 37.3 Å². The highest BCUT2D eigenvalue weighted by Crippen LogP contribution is 2.29. The van der Waals surface area contributed by atoms with E-state index in [4.69, 9.17) is 20.8 Å². The number of hydrogen-bond acceptors (Lipinski definition) is 5. The second-order valence-electron chi connectivity index (χ2n) is 7.33. The van der Waals surface area contributed by atoms with Crippen molar-refractivity contribution in [3.8, 4) is 17.3 Å². The number of para-hydroxylation sites is 1. The summed E-state index contributed by atoms with van der Waals surface area (Å²) in [4.78, 5) is 18.0. The molecule has 0 aliphatic carbocycles. The van der Waals surface area contributed by atoms with Gasteiger partial charge >= 0.3 is 0 Å². The average Bonchev–Trinajstić information content (AvgIpc) is 3.22. The number of methoxy groups -OCH3 is 1. The number of hydrogen-bond donors (Lipinski definition) is 0. The van der Waals surface area contributed by atoms with Crippen molar-refractivity contribution in [1.29, 1.82) is 0 Å².